The van der Waals surface area contributed by atoms with Gasteiger partial charge in [0.05, 0.1) is 5.69 Å². The third kappa shape index (κ3) is 2.66. The lowest BCUT2D eigenvalue weighted by Crippen LogP contribution is -2.38. The maximum Gasteiger partial charge on any atom is 0.273 e. The lowest BCUT2D eigenvalue weighted by Gasteiger charge is -2.39. The van der Waals surface area contributed by atoms with Gasteiger partial charge in [-0.3, -0.25) is 9.20 Å². The van der Waals surface area contributed by atoms with E-state index in [2.05, 4.69) is 51.7 Å². The molecule has 4 heteroatoms. The SMILES string of the molecule is CCc1nc2cc(C)ccn2c1C(=O)N1CC2(C)CC1CC(C)(C)C2. The largest absolute Gasteiger partial charge is 0.334 e. The van der Waals surface area contributed by atoms with Gasteiger partial charge in [0.2, 0.25) is 0 Å². The van der Waals surface area contributed by atoms with Crippen LogP contribution >= 0.6 is 0 Å². The highest BCUT2D eigenvalue weighted by molar-refractivity contribution is 5.95. The average molecular weight is 339 g/mol. The standard InChI is InChI=1S/C21H29N3O/c1-6-16-18(23-8-7-14(2)9-17(23)22-16)19(25)24-13-21(5)11-15(24)10-20(3,4)12-21/h7-9,15H,6,10-13H2,1-5H3. The summed E-state index contributed by atoms with van der Waals surface area (Å²) in [6.45, 7) is 12.1. The molecule has 1 amide bonds. The van der Waals surface area contributed by atoms with Crippen LogP contribution in [0.25, 0.3) is 5.65 Å². The fraction of sp³-hybridized carbons (Fsp3) is 0.619. The summed E-state index contributed by atoms with van der Waals surface area (Å²) < 4.78 is 1.99. The fourth-order valence-corrected chi connectivity index (χ4v) is 5.50. The first kappa shape index (κ1) is 16.6. The number of hydrogen-bond acceptors (Lipinski definition) is 2. The molecule has 0 aromatic carbocycles. The second-order valence-corrected chi connectivity index (χ2v) is 9.34. The number of likely N-dealkylation sites (tertiary alicyclic amines) is 1. The van der Waals surface area contributed by atoms with Crippen LogP contribution < -0.4 is 0 Å². The Kier molecular flexibility index (Phi) is 3.54. The second kappa shape index (κ2) is 5.33. The number of aromatic nitrogens is 2. The summed E-state index contributed by atoms with van der Waals surface area (Å²) in [5, 5.41) is 0. The number of pyridine rings is 1. The monoisotopic (exact) mass is 339 g/mol. The van der Waals surface area contributed by atoms with Gasteiger partial charge in [0.25, 0.3) is 5.91 Å². The van der Waals surface area contributed by atoms with Gasteiger partial charge in [-0.2, -0.15) is 0 Å². The molecule has 134 valence electrons. The first-order chi connectivity index (χ1) is 11.7. The van der Waals surface area contributed by atoms with E-state index in [-0.39, 0.29) is 11.3 Å². The summed E-state index contributed by atoms with van der Waals surface area (Å²) >= 11 is 0. The number of nitrogens with zero attached hydrogens (tertiary/aromatic N) is 3. The Bertz CT molecular complexity index is 850. The third-order valence-corrected chi connectivity index (χ3v) is 6.07. The quantitative estimate of drug-likeness (QED) is 0.820. The zero-order chi connectivity index (χ0) is 18.0. The summed E-state index contributed by atoms with van der Waals surface area (Å²) in [5.41, 5.74) is 4.31. The minimum Gasteiger partial charge on any atom is -0.334 e. The molecule has 2 aromatic rings. The van der Waals surface area contributed by atoms with Crippen LogP contribution in [0.5, 0.6) is 0 Å². The second-order valence-electron chi connectivity index (χ2n) is 9.34. The molecule has 4 nitrogen and oxygen atoms in total. The normalized spacial score (nSPS) is 27.9. The van der Waals surface area contributed by atoms with Crippen molar-refractivity contribution in [1.29, 1.82) is 0 Å². The molecule has 25 heavy (non-hydrogen) atoms. The third-order valence-electron chi connectivity index (χ3n) is 6.07. The summed E-state index contributed by atoms with van der Waals surface area (Å²) in [7, 11) is 0. The Balaban J connectivity index is 1.76. The molecule has 1 aliphatic carbocycles. The maximum atomic E-state index is 13.5. The van der Waals surface area contributed by atoms with Crippen molar-refractivity contribution in [3.63, 3.8) is 0 Å². The van der Waals surface area contributed by atoms with E-state index in [1.807, 2.05) is 10.6 Å². The van der Waals surface area contributed by atoms with Crippen LogP contribution in [-0.4, -0.2) is 32.8 Å². The molecule has 2 aromatic heterocycles. The lowest BCUT2D eigenvalue weighted by atomic mass is 9.65. The van der Waals surface area contributed by atoms with Crippen LogP contribution in [0.3, 0.4) is 0 Å². The number of rotatable bonds is 2. The van der Waals surface area contributed by atoms with Crippen LogP contribution in [0.1, 0.15) is 68.7 Å². The van der Waals surface area contributed by atoms with Crippen molar-refractivity contribution < 1.29 is 4.79 Å². The maximum absolute atomic E-state index is 13.5. The summed E-state index contributed by atoms with van der Waals surface area (Å²) in [6.07, 6.45) is 6.22. The molecular formula is C21H29N3O. The minimum absolute atomic E-state index is 0.166. The number of aryl methyl sites for hydroxylation is 2. The molecule has 1 saturated carbocycles. The van der Waals surface area contributed by atoms with Crippen molar-refractivity contribution >= 4 is 11.6 Å². The van der Waals surface area contributed by atoms with Gasteiger partial charge in [0, 0.05) is 18.8 Å². The molecule has 4 rings (SSSR count). The van der Waals surface area contributed by atoms with E-state index in [1.165, 1.54) is 12.0 Å². The Morgan fingerprint density at radius 3 is 2.80 bits per heavy atom. The van der Waals surface area contributed by atoms with Crippen LogP contribution in [0.15, 0.2) is 18.3 Å². The Labute approximate surface area is 150 Å². The highest BCUT2D eigenvalue weighted by atomic mass is 16.2. The summed E-state index contributed by atoms with van der Waals surface area (Å²) in [4.78, 5) is 20.4. The van der Waals surface area contributed by atoms with Gasteiger partial charge < -0.3 is 4.90 Å². The number of fused-ring (bicyclic) bond motifs is 3. The minimum atomic E-state index is 0.166. The first-order valence-electron chi connectivity index (χ1n) is 9.50. The Morgan fingerprint density at radius 2 is 2.08 bits per heavy atom. The topological polar surface area (TPSA) is 37.6 Å². The highest BCUT2D eigenvalue weighted by Crippen LogP contribution is 2.52. The van der Waals surface area contributed by atoms with Crippen LogP contribution in [0.2, 0.25) is 0 Å². The van der Waals surface area contributed by atoms with E-state index in [1.54, 1.807) is 0 Å². The van der Waals surface area contributed by atoms with Gasteiger partial charge in [-0.25, -0.2) is 4.98 Å². The van der Waals surface area contributed by atoms with Gasteiger partial charge in [-0.05, 0) is 61.1 Å². The van der Waals surface area contributed by atoms with E-state index >= 15 is 0 Å². The van der Waals surface area contributed by atoms with Crippen molar-refractivity contribution in [1.82, 2.24) is 14.3 Å². The van der Waals surface area contributed by atoms with Gasteiger partial charge in [0.15, 0.2) is 0 Å². The number of carbonyl (C=O) groups excluding carboxylic acids is 1. The molecule has 2 fully saturated rings. The predicted molar refractivity (Wildman–Crippen MR) is 99.9 cm³/mol. The molecule has 2 aliphatic rings. The average Bonchev–Trinajstić information content (AvgIpc) is 2.99. The van der Waals surface area contributed by atoms with E-state index in [0.29, 0.717) is 11.5 Å². The van der Waals surface area contributed by atoms with E-state index in [0.717, 1.165) is 42.8 Å². The molecule has 1 saturated heterocycles. The molecule has 2 atom stereocenters. The van der Waals surface area contributed by atoms with Gasteiger partial charge in [-0.15, -0.1) is 0 Å². The van der Waals surface area contributed by atoms with E-state index in [9.17, 15) is 4.79 Å². The molecule has 3 heterocycles. The summed E-state index contributed by atoms with van der Waals surface area (Å²) in [5.74, 6) is 0.166. The fourth-order valence-electron chi connectivity index (χ4n) is 5.50. The number of imidazole rings is 1. The number of carbonyl (C=O) groups is 1. The zero-order valence-corrected chi connectivity index (χ0v) is 16.1. The Hall–Kier alpha value is -1.84. The van der Waals surface area contributed by atoms with Crippen LogP contribution in [0, 0.1) is 17.8 Å². The van der Waals surface area contributed by atoms with Gasteiger partial charge in [0.1, 0.15) is 11.3 Å². The lowest BCUT2D eigenvalue weighted by molar-refractivity contribution is 0.0700. The van der Waals surface area contributed by atoms with Crippen LogP contribution in [0.4, 0.5) is 0 Å². The molecular weight excluding hydrogens is 310 g/mol. The molecule has 0 radical (unpaired) electrons. The van der Waals surface area contributed by atoms with Gasteiger partial charge >= 0.3 is 0 Å². The van der Waals surface area contributed by atoms with Crippen molar-refractivity contribution in [3.8, 4) is 0 Å². The van der Waals surface area contributed by atoms with E-state index in [4.69, 9.17) is 4.98 Å². The molecule has 1 aliphatic heterocycles. The number of amides is 1. The molecule has 0 N–H and O–H groups in total. The molecule has 0 spiro atoms. The first-order valence-corrected chi connectivity index (χ1v) is 9.50. The van der Waals surface area contributed by atoms with Crippen molar-refractivity contribution in [2.75, 3.05) is 6.54 Å². The van der Waals surface area contributed by atoms with Crippen molar-refractivity contribution in [3.05, 3.63) is 35.3 Å². The highest BCUT2D eigenvalue weighted by Gasteiger charge is 2.51. The van der Waals surface area contributed by atoms with E-state index < -0.39 is 0 Å². The smallest absolute Gasteiger partial charge is 0.273 e. The molecule has 2 unspecified atom stereocenters. The van der Waals surface area contributed by atoms with Crippen molar-refractivity contribution in [2.24, 2.45) is 10.8 Å². The predicted octanol–water partition coefficient (Wildman–Crippen LogP) is 4.25. The summed E-state index contributed by atoms with van der Waals surface area (Å²) in [6, 6.07) is 4.47. The van der Waals surface area contributed by atoms with Crippen molar-refractivity contribution in [2.45, 2.75) is 66.3 Å². The number of hydrogen-bond donors (Lipinski definition) is 0. The van der Waals surface area contributed by atoms with Crippen LogP contribution in [-0.2, 0) is 6.42 Å². The van der Waals surface area contributed by atoms with Gasteiger partial charge in [-0.1, -0.05) is 27.7 Å². The molecule has 2 bridgehead atoms. The Morgan fingerprint density at radius 1 is 1.32 bits per heavy atom. The zero-order valence-electron chi connectivity index (χ0n) is 16.1.